The van der Waals surface area contributed by atoms with Gasteiger partial charge in [0.15, 0.2) is 0 Å². The van der Waals surface area contributed by atoms with Crippen molar-refractivity contribution < 1.29 is 14.7 Å². The van der Waals surface area contributed by atoms with Crippen LogP contribution in [0.4, 0.5) is 16.2 Å². The summed E-state index contributed by atoms with van der Waals surface area (Å²) in [6, 6.07) is 17.1. The third-order valence-electron chi connectivity index (χ3n) is 6.19. The summed E-state index contributed by atoms with van der Waals surface area (Å²) < 4.78 is 0. The van der Waals surface area contributed by atoms with Crippen LogP contribution in [0.1, 0.15) is 21.8 Å². The number of aromatic nitrogens is 1. The van der Waals surface area contributed by atoms with E-state index in [-0.39, 0.29) is 36.5 Å². The van der Waals surface area contributed by atoms with E-state index < -0.39 is 0 Å². The number of pyridine rings is 1. The molecule has 0 unspecified atom stereocenters. The summed E-state index contributed by atoms with van der Waals surface area (Å²) >= 11 is 6.20. The maximum atomic E-state index is 13.3. The number of rotatable bonds is 3. The molecule has 32 heavy (non-hydrogen) atoms. The average molecular weight is 449 g/mol. The largest absolute Gasteiger partial charge is 0.394 e. The van der Waals surface area contributed by atoms with Crippen molar-refractivity contribution in [2.75, 3.05) is 23.4 Å². The van der Waals surface area contributed by atoms with Crippen molar-refractivity contribution in [3.8, 4) is 0 Å². The number of aliphatic hydroxyl groups excluding tert-OH is 1. The zero-order chi connectivity index (χ0) is 22.2. The van der Waals surface area contributed by atoms with Gasteiger partial charge in [0.05, 0.1) is 35.0 Å². The van der Waals surface area contributed by atoms with Crippen LogP contribution in [-0.2, 0) is 0 Å². The summed E-state index contributed by atoms with van der Waals surface area (Å²) in [5, 5.41) is 13.4. The maximum Gasteiger partial charge on any atom is 0.322 e. The number of benzene rings is 2. The molecular formula is C24H21ClN4O3. The van der Waals surface area contributed by atoms with Gasteiger partial charge in [0.25, 0.3) is 5.91 Å². The number of amides is 3. The number of aliphatic hydroxyl groups is 1. The lowest BCUT2D eigenvalue weighted by Gasteiger charge is -2.58. The van der Waals surface area contributed by atoms with E-state index in [1.165, 1.54) is 6.20 Å². The Hall–Kier alpha value is -3.42. The van der Waals surface area contributed by atoms with E-state index in [2.05, 4.69) is 10.3 Å². The number of nitrogens with zero attached hydrogens (tertiary/aromatic N) is 3. The van der Waals surface area contributed by atoms with Crippen LogP contribution in [-0.4, -0.2) is 52.2 Å². The lowest BCUT2D eigenvalue weighted by atomic mass is 9.72. The molecule has 2 aliphatic rings. The van der Waals surface area contributed by atoms with Crippen LogP contribution in [0.2, 0.25) is 5.02 Å². The molecule has 0 radical (unpaired) electrons. The second kappa shape index (κ2) is 8.26. The van der Waals surface area contributed by atoms with Gasteiger partial charge in [-0.1, -0.05) is 41.9 Å². The molecule has 2 aliphatic heterocycles. The van der Waals surface area contributed by atoms with Crippen molar-refractivity contribution >= 4 is 34.9 Å². The Morgan fingerprint density at radius 2 is 1.88 bits per heavy atom. The third kappa shape index (κ3) is 3.30. The molecule has 5 rings (SSSR count). The molecule has 1 aromatic heterocycles. The monoisotopic (exact) mass is 448 g/mol. The van der Waals surface area contributed by atoms with Crippen molar-refractivity contribution in [1.29, 1.82) is 0 Å². The molecule has 3 amide bonds. The summed E-state index contributed by atoms with van der Waals surface area (Å²) in [6.45, 7) is 0.143. The average Bonchev–Trinajstić information content (AvgIpc) is 2.81. The number of nitrogens with one attached hydrogen (secondary N) is 1. The predicted molar refractivity (Wildman–Crippen MR) is 122 cm³/mol. The zero-order valence-electron chi connectivity index (χ0n) is 17.1. The summed E-state index contributed by atoms with van der Waals surface area (Å²) in [5.74, 6) is -0.242. The van der Waals surface area contributed by atoms with E-state index in [1.807, 2.05) is 24.3 Å². The topological polar surface area (TPSA) is 85.8 Å². The third-order valence-corrected chi connectivity index (χ3v) is 6.52. The molecule has 0 aliphatic carbocycles. The molecule has 8 heteroatoms. The van der Waals surface area contributed by atoms with Crippen LogP contribution < -0.4 is 10.2 Å². The fraction of sp³-hybridized carbons (Fsp3) is 0.208. The normalized spacial score (nSPS) is 21.2. The number of likely N-dealkylation sites (tertiary alicyclic amines) is 1. The van der Waals surface area contributed by atoms with Crippen LogP contribution in [0, 0.1) is 0 Å². The Bertz CT molecular complexity index is 1170. The lowest BCUT2D eigenvalue weighted by Crippen LogP contribution is -2.71. The van der Waals surface area contributed by atoms with Gasteiger partial charge >= 0.3 is 6.03 Å². The van der Waals surface area contributed by atoms with Gasteiger partial charge in [-0.25, -0.2) is 4.79 Å². The van der Waals surface area contributed by atoms with Crippen LogP contribution in [0.15, 0.2) is 73.1 Å². The highest BCUT2D eigenvalue weighted by atomic mass is 35.5. The van der Waals surface area contributed by atoms with E-state index in [0.29, 0.717) is 22.8 Å². The summed E-state index contributed by atoms with van der Waals surface area (Å²) in [6.07, 6.45) is 3.16. The number of halogens is 1. The molecule has 0 saturated carbocycles. The number of urea groups is 1. The van der Waals surface area contributed by atoms with E-state index in [0.717, 1.165) is 11.3 Å². The van der Waals surface area contributed by atoms with E-state index in [9.17, 15) is 14.7 Å². The minimum atomic E-state index is -0.390. The first-order valence-corrected chi connectivity index (χ1v) is 10.7. The minimum absolute atomic E-state index is 0.0638. The van der Waals surface area contributed by atoms with Gasteiger partial charge in [-0.05, 0) is 35.9 Å². The highest BCUT2D eigenvalue weighted by Crippen LogP contribution is 2.48. The highest BCUT2D eigenvalue weighted by Gasteiger charge is 2.55. The van der Waals surface area contributed by atoms with Gasteiger partial charge in [0, 0.05) is 30.5 Å². The number of hydrogen-bond acceptors (Lipinski definition) is 4. The first kappa shape index (κ1) is 20.5. The van der Waals surface area contributed by atoms with Crippen LogP contribution in [0.5, 0.6) is 0 Å². The highest BCUT2D eigenvalue weighted by molar-refractivity contribution is 6.33. The van der Waals surface area contributed by atoms with E-state index in [1.54, 1.807) is 52.4 Å². The van der Waals surface area contributed by atoms with Crippen molar-refractivity contribution in [3.63, 3.8) is 0 Å². The molecule has 3 aromatic rings. The number of para-hydroxylation sites is 2. The fourth-order valence-electron chi connectivity index (χ4n) is 4.75. The van der Waals surface area contributed by atoms with Gasteiger partial charge in [-0.2, -0.15) is 0 Å². The molecule has 2 N–H and O–H groups in total. The zero-order valence-corrected chi connectivity index (χ0v) is 17.8. The SMILES string of the molecule is O=C(c1cccnc1)N1C[C@H]2[C@@H](c3ccccc31)[C@H](CO)N2C(=O)Nc1ccccc1Cl. The maximum absolute atomic E-state index is 13.3. The minimum Gasteiger partial charge on any atom is -0.394 e. The molecule has 7 nitrogen and oxygen atoms in total. The number of hydrogen-bond donors (Lipinski definition) is 2. The molecule has 162 valence electrons. The Morgan fingerprint density at radius 1 is 1.09 bits per heavy atom. The molecular weight excluding hydrogens is 428 g/mol. The van der Waals surface area contributed by atoms with Crippen molar-refractivity contribution in [2.45, 2.75) is 18.0 Å². The van der Waals surface area contributed by atoms with Gasteiger partial charge in [0.1, 0.15) is 0 Å². The summed E-state index contributed by atoms with van der Waals surface area (Å²) in [4.78, 5) is 33.8. The number of carbonyl (C=O) groups is 2. The molecule has 0 spiro atoms. The van der Waals surface area contributed by atoms with Crippen LogP contribution >= 0.6 is 11.6 Å². The number of fused-ring (bicyclic) bond motifs is 3. The second-order valence-electron chi connectivity index (χ2n) is 7.88. The Labute approximate surface area is 190 Å². The first-order chi connectivity index (χ1) is 15.6. The summed E-state index contributed by atoms with van der Waals surface area (Å²) in [5.41, 5.74) is 2.72. The molecule has 1 fully saturated rings. The second-order valence-corrected chi connectivity index (χ2v) is 8.28. The van der Waals surface area contributed by atoms with E-state index >= 15 is 0 Å². The Kier molecular flexibility index (Phi) is 5.28. The quantitative estimate of drug-likeness (QED) is 0.639. The molecule has 3 heterocycles. The summed E-state index contributed by atoms with van der Waals surface area (Å²) in [7, 11) is 0. The predicted octanol–water partition coefficient (Wildman–Crippen LogP) is 3.76. The Morgan fingerprint density at radius 3 is 2.62 bits per heavy atom. The van der Waals surface area contributed by atoms with Crippen LogP contribution in [0.3, 0.4) is 0 Å². The number of anilines is 2. The standard InChI is InChI=1S/C24H21ClN4O3/c25-17-8-2-3-9-18(17)27-24(32)29-20-13-28(23(31)15-6-5-11-26-12-15)19-10-4-1-7-16(19)22(20)21(29)14-30/h1-12,20-22,30H,13-14H2,(H,27,32)/t20-,21-,22+/m0/s1. The molecule has 1 saturated heterocycles. The molecule has 3 atom stereocenters. The molecule has 2 aromatic carbocycles. The van der Waals surface area contributed by atoms with Gasteiger partial charge in [0.2, 0.25) is 0 Å². The first-order valence-electron chi connectivity index (χ1n) is 10.4. The van der Waals surface area contributed by atoms with Crippen LogP contribution in [0.25, 0.3) is 0 Å². The lowest BCUT2D eigenvalue weighted by molar-refractivity contribution is -0.00265. The van der Waals surface area contributed by atoms with Crippen molar-refractivity contribution in [2.24, 2.45) is 0 Å². The fourth-order valence-corrected chi connectivity index (χ4v) is 4.93. The number of carbonyl (C=O) groups excluding carboxylic acids is 2. The smallest absolute Gasteiger partial charge is 0.322 e. The van der Waals surface area contributed by atoms with Gasteiger partial charge in [-0.3, -0.25) is 9.78 Å². The Balaban J connectivity index is 1.48. The molecule has 0 bridgehead atoms. The van der Waals surface area contributed by atoms with Crippen molar-refractivity contribution in [3.05, 3.63) is 89.2 Å². The van der Waals surface area contributed by atoms with E-state index in [4.69, 9.17) is 11.6 Å². The van der Waals surface area contributed by atoms with Gasteiger partial charge < -0.3 is 20.2 Å². The van der Waals surface area contributed by atoms with Gasteiger partial charge in [-0.15, -0.1) is 0 Å². The van der Waals surface area contributed by atoms with Crippen molar-refractivity contribution in [1.82, 2.24) is 9.88 Å².